The van der Waals surface area contributed by atoms with E-state index in [9.17, 15) is 0 Å². The standard InChI is InChI=1S/C17H25Cl2NO/c1-13-6-8-17(9-7-13,12-20-10-11-21-2)16-14(18)4-3-5-15(16)19/h3-5,13,20H,6-12H2,1-2H3. The third-order valence-electron chi connectivity index (χ3n) is 4.67. The van der Waals surface area contributed by atoms with E-state index in [2.05, 4.69) is 12.2 Å². The summed E-state index contributed by atoms with van der Waals surface area (Å²) in [7, 11) is 1.73. The van der Waals surface area contributed by atoms with Crippen LogP contribution in [0.1, 0.15) is 38.2 Å². The lowest BCUT2D eigenvalue weighted by Gasteiger charge is -2.41. The van der Waals surface area contributed by atoms with Crippen molar-refractivity contribution in [1.82, 2.24) is 5.32 Å². The second-order valence-corrected chi connectivity index (χ2v) is 7.04. The Morgan fingerprint density at radius 2 is 1.86 bits per heavy atom. The fourth-order valence-corrected chi connectivity index (χ4v) is 4.13. The number of methoxy groups -OCH3 is 1. The SMILES string of the molecule is COCCNCC1(c2c(Cl)cccc2Cl)CCC(C)CC1. The lowest BCUT2D eigenvalue weighted by molar-refractivity contribution is 0.187. The minimum atomic E-state index is 0.0513. The van der Waals surface area contributed by atoms with E-state index >= 15 is 0 Å². The van der Waals surface area contributed by atoms with Crippen LogP contribution in [0.5, 0.6) is 0 Å². The average molecular weight is 330 g/mol. The van der Waals surface area contributed by atoms with Crippen molar-refractivity contribution in [3.05, 3.63) is 33.8 Å². The van der Waals surface area contributed by atoms with Crippen molar-refractivity contribution < 1.29 is 4.74 Å². The topological polar surface area (TPSA) is 21.3 Å². The highest BCUT2D eigenvalue weighted by Gasteiger charge is 2.38. The van der Waals surface area contributed by atoms with Crippen LogP contribution in [-0.2, 0) is 10.2 Å². The van der Waals surface area contributed by atoms with E-state index in [0.29, 0.717) is 0 Å². The van der Waals surface area contributed by atoms with E-state index in [1.807, 2.05) is 18.2 Å². The molecule has 1 saturated carbocycles. The molecule has 0 radical (unpaired) electrons. The van der Waals surface area contributed by atoms with Crippen LogP contribution < -0.4 is 5.32 Å². The molecule has 21 heavy (non-hydrogen) atoms. The quantitative estimate of drug-likeness (QED) is 0.765. The van der Waals surface area contributed by atoms with Crippen LogP contribution in [-0.4, -0.2) is 26.8 Å². The smallest absolute Gasteiger partial charge is 0.0587 e. The summed E-state index contributed by atoms with van der Waals surface area (Å²) in [6.45, 7) is 4.82. The Hall–Kier alpha value is -0.280. The maximum Gasteiger partial charge on any atom is 0.0587 e. The molecular formula is C17H25Cl2NO. The molecule has 2 nitrogen and oxygen atoms in total. The van der Waals surface area contributed by atoms with Gasteiger partial charge >= 0.3 is 0 Å². The molecule has 0 aromatic heterocycles. The summed E-state index contributed by atoms with van der Waals surface area (Å²) in [6, 6.07) is 5.83. The number of benzene rings is 1. The lowest BCUT2D eigenvalue weighted by atomic mass is 9.67. The number of hydrogen-bond donors (Lipinski definition) is 1. The highest BCUT2D eigenvalue weighted by molar-refractivity contribution is 6.36. The van der Waals surface area contributed by atoms with Crippen LogP contribution in [0.25, 0.3) is 0 Å². The van der Waals surface area contributed by atoms with Gasteiger partial charge in [-0.25, -0.2) is 0 Å². The van der Waals surface area contributed by atoms with Gasteiger partial charge in [0.15, 0.2) is 0 Å². The summed E-state index contributed by atoms with van der Waals surface area (Å²) in [5.41, 5.74) is 1.18. The van der Waals surface area contributed by atoms with E-state index < -0.39 is 0 Å². The van der Waals surface area contributed by atoms with Crippen molar-refractivity contribution in [2.24, 2.45) is 5.92 Å². The predicted molar refractivity (Wildman–Crippen MR) is 90.5 cm³/mol. The van der Waals surface area contributed by atoms with Crippen molar-refractivity contribution in [1.29, 1.82) is 0 Å². The Balaban J connectivity index is 2.23. The minimum absolute atomic E-state index is 0.0513. The van der Waals surface area contributed by atoms with Gasteiger partial charge in [-0.15, -0.1) is 0 Å². The first-order valence-corrected chi connectivity index (χ1v) is 8.49. The second-order valence-electron chi connectivity index (χ2n) is 6.23. The van der Waals surface area contributed by atoms with Crippen LogP contribution in [0.2, 0.25) is 10.0 Å². The first kappa shape index (κ1) is 17.1. The monoisotopic (exact) mass is 329 g/mol. The summed E-state index contributed by atoms with van der Waals surface area (Å²) < 4.78 is 5.12. The maximum atomic E-state index is 6.49. The van der Waals surface area contributed by atoms with Crippen LogP contribution >= 0.6 is 23.2 Å². The van der Waals surface area contributed by atoms with Gasteiger partial charge in [-0.3, -0.25) is 0 Å². The molecule has 0 heterocycles. The molecular weight excluding hydrogens is 305 g/mol. The van der Waals surface area contributed by atoms with Gasteiger partial charge in [-0.05, 0) is 49.3 Å². The molecule has 1 aliphatic rings. The zero-order chi connectivity index (χ0) is 15.3. The Kier molecular flexibility index (Phi) is 6.36. The first-order valence-electron chi connectivity index (χ1n) is 7.73. The normalized spacial score (nSPS) is 26.0. The fourth-order valence-electron chi connectivity index (χ4n) is 3.34. The summed E-state index contributed by atoms with van der Waals surface area (Å²) in [6.07, 6.45) is 4.73. The zero-order valence-corrected chi connectivity index (χ0v) is 14.4. The van der Waals surface area contributed by atoms with Crippen molar-refractivity contribution in [2.75, 3.05) is 26.8 Å². The molecule has 0 unspecified atom stereocenters. The van der Waals surface area contributed by atoms with Crippen LogP contribution in [0.3, 0.4) is 0 Å². The third kappa shape index (κ3) is 4.13. The van der Waals surface area contributed by atoms with Gasteiger partial charge in [0.05, 0.1) is 6.61 Å². The summed E-state index contributed by atoms with van der Waals surface area (Å²) in [5.74, 6) is 0.790. The van der Waals surface area contributed by atoms with E-state index in [1.54, 1.807) is 7.11 Å². The Labute approximate surface area is 138 Å². The number of rotatable bonds is 6. The maximum absolute atomic E-state index is 6.49. The molecule has 0 atom stereocenters. The van der Waals surface area contributed by atoms with Gasteiger partial charge in [-0.1, -0.05) is 36.2 Å². The van der Waals surface area contributed by atoms with Crippen LogP contribution in [0, 0.1) is 5.92 Å². The molecule has 1 fully saturated rings. The van der Waals surface area contributed by atoms with Gasteiger partial charge in [0.1, 0.15) is 0 Å². The molecule has 0 spiro atoms. The average Bonchev–Trinajstić information content (AvgIpc) is 2.46. The first-order chi connectivity index (χ1) is 10.1. The Bertz CT molecular complexity index is 436. The summed E-state index contributed by atoms with van der Waals surface area (Å²) in [4.78, 5) is 0. The lowest BCUT2D eigenvalue weighted by Crippen LogP contribution is -2.42. The van der Waals surface area contributed by atoms with Gasteiger partial charge in [-0.2, -0.15) is 0 Å². The predicted octanol–water partition coefficient (Wildman–Crippen LogP) is 4.68. The molecule has 1 aliphatic carbocycles. The second kappa shape index (κ2) is 7.82. The summed E-state index contributed by atoms with van der Waals surface area (Å²) >= 11 is 13.0. The molecule has 118 valence electrons. The highest BCUT2D eigenvalue weighted by atomic mass is 35.5. The third-order valence-corrected chi connectivity index (χ3v) is 5.30. The molecule has 2 rings (SSSR count). The number of ether oxygens (including phenoxy) is 1. The molecule has 1 aromatic rings. The molecule has 0 bridgehead atoms. The fraction of sp³-hybridized carbons (Fsp3) is 0.647. The van der Waals surface area contributed by atoms with Crippen molar-refractivity contribution >= 4 is 23.2 Å². The number of halogens is 2. The van der Waals surface area contributed by atoms with Crippen molar-refractivity contribution in [2.45, 2.75) is 38.0 Å². The Morgan fingerprint density at radius 1 is 1.24 bits per heavy atom. The van der Waals surface area contributed by atoms with Gasteiger partial charge in [0.2, 0.25) is 0 Å². The molecule has 0 aliphatic heterocycles. The zero-order valence-electron chi connectivity index (χ0n) is 12.9. The highest BCUT2D eigenvalue weighted by Crippen LogP contribution is 2.46. The van der Waals surface area contributed by atoms with E-state index in [-0.39, 0.29) is 5.41 Å². The van der Waals surface area contributed by atoms with E-state index in [4.69, 9.17) is 27.9 Å². The molecule has 1 aromatic carbocycles. The van der Waals surface area contributed by atoms with Crippen molar-refractivity contribution in [3.63, 3.8) is 0 Å². The van der Waals surface area contributed by atoms with Gasteiger partial charge < -0.3 is 10.1 Å². The Morgan fingerprint density at radius 3 is 2.43 bits per heavy atom. The van der Waals surface area contributed by atoms with E-state index in [0.717, 1.165) is 54.1 Å². The van der Waals surface area contributed by atoms with Crippen LogP contribution in [0.4, 0.5) is 0 Å². The van der Waals surface area contributed by atoms with E-state index in [1.165, 1.54) is 12.8 Å². The van der Waals surface area contributed by atoms with Crippen LogP contribution in [0.15, 0.2) is 18.2 Å². The van der Waals surface area contributed by atoms with Gasteiger partial charge in [0, 0.05) is 35.7 Å². The summed E-state index contributed by atoms with van der Waals surface area (Å²) in [5, 5.41) is 5.12. The minimum Gasteiger partial charge on any atom is -0.383 e. The van der Waals surface area contributed by atoms with Crippen molar-refractivity contribution in [3.8, 4) is 0 Å². The number of nitrogens with one attached hydrogen (secondary N) is 1. The molecule has 0 saturated heterocycles. The molecule has 0 amide bonds. The molecule has 1 N–H and O–H groups in total. The van der Waals surface area contributed by atoms with Gasteiger partial charge in [0.25, 0.3) is 0 Å². The number of hydrogen-bond acceptors (Lipinski definition) is 2. The largest absolute Gasteiger partial charge is 0.383 e. The molecule has 4 heteroatoms.